The fourth-order valence-electron chi connectivity index (χ4n) is 1.81. The minimum atomic E-state index is -4.29. The number of anilines is 1. The van der Waals surface area contributed by atoms with Crippen molar-refractivity contribution in [3.63, 3.8) is 0 Å². The molecule has 1 aromatic carbocycles. The van der Waals surface area contributed by atoms with Gasteiger partial charge in [-0.15, -0.1) is 0 Å². The van der Waals surface area contributed by atoms with E-state index in [1.807, 2.05) is 0 Å². The molecule has 1 atom stereocenters. The zero-order valence-corrected chi connectivity index (χ0v) is 12.1. The first-order valence-electron chi connectivity index (χ1n) is 6.64. The average molecular weight is 306 g/mol. The van der Waals surface area contributed by atoms with E-state index in [0.29, 0.717) is 11.4 Å². The van der Waals surface area contributed by atoms with Gasteiger partial charge in [0, 0.05) is 24.3 Å². The van der Waals surface area contributed by atoms with Crippen LogP contribution in [0.4, 0.5) is 18.9 Å². The standard InChI is InChI=1S/C14H21F3N2O2/c1-10(2)19(9-14(15,16)17)7-12(20)8-21-13-5-3-4-11(18)6-13/h3-6,10,12,20H,7-9,18H2,1-2H3. The number of halogens is 3. The minimum Gasteiger partial charge on any atom is -0.491 e. The highest BCUT2D eigenvalue weighted by molar-refractivity contribution is 5.43. The number of hydrogen-bond donors (Lipinski definition) is 2. The number of nitrogen functional groups attached to an aromatic ring is 1. The second kappa shape index (κ2) is 7.51. The van der Waals surface area contributed by atoms with Crippen molar-refractivity contribution in [2.45, 2.75) is 32.2 Å². The van der Waals surface area contributed by atoms with Crippen molar-refractivity contribution in [2.24, 2.45) is 0 Å². The summed E-state index contributed by atoms with van der Waals surface area (Å²) < 4.78 is 42.7. The lowest BCUT2D eigenvalue weighted by molar-refractivity contribution is -0.152. The van der Waals surface area contributed by atoms with Gasteiger partial charge >= 0.3 is 6.18 Å². The van der Waals surface area contributed by atoms with Crippen molar-refractivity contribution in [2.75, 3.05) is 25.4 Å². The van der Waals surface area contributed by atoms with E-state index >= 15 is 0 Å². The Kier molecular flexibility index (Phi) is 6.29. The molecule has 0 saturated carbocycles. The molecule has 0 bridgehead atoms. The topological polar surface area (TPSA) is 58.7 Å². The molecule has 0 spiro atoms. The maximum atomic E-state index is 12.4. The van der Waals surface area contributed by atoms with Crippen LogP contribution in [0.25, 0.3) is 0 Å². The Hall–Kier alpha value is -1.47. The quantitative estimate of drug-likeness (QED) is 0.759. The predicted molar refractivity (Wildman–Crippen MR) is 75.1 cm³/mol. The molecule has 1 aromatic rings. The number of nitrogens with zero attached hydrogens (tertiary/aromatic N) is 1. The van der Waals surface area contributed by atoms with E-state index in [-0.39, 0.29) is 19.2 Å². The summed E-state index contributed by atoms with van der Waals surface area (Å²) in [4.78, 5) is 1.16. The summed E-state index contributed by atoms with van der Waals surface area (Å²) in [7, 11) is 0. The molecule has 0 aromatic heterocycles. The van der Waals surface area contributed by atoms with Gasteiger partial charge in [0.25, 0.3) is 0 Å². The predicted octanol–water partition coefficient (Wildman–Crippen LogP) is 2.28. The molecule has 4 nitrogen and oxygen atoms in total. The summed E-state index contributed by atoms with van der Waals surface area (Å²) in [5, 5.41) is 9.83. The van der Waals surface area contributed by atoms with Gasteiger partial charge in [0.05, 0.1) is 6.54 Å². The molecule has 0 heterocycles. The highest BCUT2D eigenvalue weighted by atomic mass is 19.4. The Morgan fingerprint density at radius 2 is 2.00 bits per heavy atom. The molecular formula is C14H21F3N2O2. The van der Waals surface area contributed by atoms with Gasteiger partial charge in [-0.25, -0.2) is 0 Å². The van der Waals surface area contributed by atoms with Crippen molar-refractivity contribution in [1.82, 2.24) is 4.90 Å². The third kappa shape index (κ3) is 7.19. The lowest BCUT2D eigenvalue weighted by Crippen LogP contribution is -2.44. The lowest BCUT2D eigenvalue weighted by Gasteiger charge is -2.29. The van der Waals surface area contributed by atoms with Crippen LogP contribution >= 0.6 is 0 Å². The van der Waals surface area contributed by atoms with Crippen LogP contribution in [0.5, 0.6) is 5.75 Å². The van der Waals surface area contributed by atoms with Crippen molar-refractivity contribution < 1.29 is 23.0 Å². The summed E-state index contributed by atoms with van der Waals surface area (Å²) in [5.41, 5.74) is 6.10. The number of aliphatic hydroxyl groups excluding tert-OH is 1. The monoisotopic (exact) mass is 306 g/mol. The third-order valence-electron chi connectivity index (χ3n) is 2.86. The first-order chi connectivity index (χ1) is 9.67. The number of benzene rings is 1. The van der Waals surface area contributed by atoms with Crippen molar-refractivity contribution in [1.29, 1.82) is 0 Å². The summed E-state index contributed by atoms with van der Waals surface area (Å²) in [6.45, 7) is 2.04. The number of ether oxygens (including phenoxy) is 1. The van der Waals surface area contributed by atoms with Gasteiger partial charge in [0.1, 0.15) is 18.5 Å². The molecule has 7 heteroatoms. The molecule has 0 radical (unpaired) electrons. The van der Waals surface area contributed by atoms with Gasteiger partial charge < -0.3 is 15.6 Å². The molecule has 0 amide bonds. The summed E-state index contributed by atoms with van der Waals surface area (Å²) in [5.74, 6) is 0.473. The fraction of sp³-hybridized carbons (Fsp3) is 0.571. The Labute approximate surface area is 122 Å². The number of nitrogens with two attached hydrogens (primary N) is 1. The van der Waals surface area contributed by atoms with Gasteiger partial charge in [0.15, 0.2) is 0 Å². The number of aliphatic hydroxyl groups is 1. The van der Waals surface area contributed by atoms with Gasteiger partial charge in [-0.3, -0.25) is 4.90 Å². The Morgan fingerprint density at radius 1 is 1.33 bits per heavy atom. The Balaban J connectivity index is 2.48. The highest BCUT2D eigenvalue weighted by Crippen LogP contribution is 2.19. The van der Waals surface area contributed by atoms with Crippen LogP contribution in [-0.4, -0.2) is 48.0 Å². The summed E-state index contributed by atoms with van der Waals surface area (Å²) in [6.07, 6.45) is -5.31. The smallest absolute Gasteiger partial charge is 0.401 e. The normalized spacial score (nSPS) is 13.7. The van der Waals surface area contributed by atoms with Crippen LogP contribution in [0.2, 0.25) is 0 Å². The fourth-order valence-corrected chi connectivity index (χ4v) is 1.81. The van der Waals surface area contributed by atoms with Crippen molar-refractivity contribution >= 4 is 5.69 Å². The Morgan fingerprint density at radius 3 is 2.52 bits per heavy atom. The van der Waals surface area contributed by atoms with Crippen LogP contribution < -0.4 is 10.5 Å². The maximum Gasteiger partial charge on any atom is 0.401 e. The Bertz CT molecular complexity index is 438. The minimum absolute atomic E-state index is 0.0927. The molecule has 21 heavy (non-hydrogen) atoms. The number of hydrogen-bond acceptors (Lipinski definition) is 4. The number of alkyl halides is 3. The van der Waals surface area contributed by atoms with Crippen LogP contribution in [0.15, 0.2) is 24.3 Å². The van der Waals surface area contributed by atoms with Crippen LogP contribution in [0.3, 0.4) is 0 Å². The molecule has 0 aliphatic carbocycles. The molecule has 0 aliphatic rings. The van der Waals surface area contributed by atoms with Crippen LogP contribution in [-0.2, 0) is 0 Å². The molecule has 3 N–H and O–H groups in total. The molecule has 120 valence electrons. The summed E-state index contributed by atoms with van der Waals surface area (Å²) in [6, 6.07) is 6.31. The first-order valence-corrected chi connectivity index (χ1v) is 6.64. The third-order valence-corrected chi connectivity index (χ3v) is 2.86. The van der Waals surface area contributed by atoms with Crippen LogP contribution in [0, 0.1) is 0 Å². The zero-order chi connectivity index (χ0) is 16.0. The van der Waals surface area contributed by atoms with Crippen molar-refractivity contribution in [3.05, 3.63) is 24.3 Å². The van der Waals surface area contributed by atoms with E-state index in [1.54, 1.807) is 38.1 Å². The first kappa shape index (κ1) is 17.6. The molecule has 1 unspecified atom stereocenters. The molecule has 1 rings (SSSR count). The van der Waals surface area contributed by atoms with E-state index in [1.165, 1.54) is 0 Å². The molecule has 0 fully saturated rings. The van der Waals surface area contributed by atoms with Gasteiger partial charge in [-0.1, -0.05) is 6.07 Å². The van der Waals surface area contributed by atoms with E-state index in [9.17, 15) is 18.3 Å². The van der Waals surface area contributed by atoms with E-state index in [4.69, 9.17) is 10.5 Å². The van der Waals surface area contributed by atoms with E-state index in [2.05, 4.69) is 0 Å². The largest absolute Gasteiger partial charge is 0.491 e. The second-order valence-corrected chi connectivity index (χ2v) is 5.18. The van der Waals surface area contributed by atoms with Crippen molar-refractivity contribution in [3.8, 4) is 5.75 Å². The zero-order valence-electron chi connectivity index (χ0n) is 12.1. The van der Waals surface area contributed by atoms with E-state index < -0.39 is 18.8 Å². The lowest BCUT2D eigenvalue weighted by atomic mass is 10.2. The van der Waals surface area contributed by atoms with Gasteiger partial charge in [0.2, 0.25) is 0 Å². The van der Waals surface area contributed by atoms with Crippen LogP contribution in [0.1, 0.15) is 13.8 Å². The highest BCUT2D eigenvalue weighted by Gasteiger charge is 2.32. The average Bonchev–Trinajstić information content (AvgIpc) is 2.34. The maximum absolute atomic E-state index is 12.4. The number of rotatable bonds is 7. The van der Waals surface area contributed by atoms with E-state index in [0.717, 1.165) is 4.90 Å². The SMILES string of the molecule is CC(C)N(CC(O)COc1cccc(N)c1)CC(F)(F)F. The van der Waals surface area contributed by atoms with Gasteiger partial charge in [-0.05, 0) is 26.0 Å². The molecule has 0 aliphatic heterocycles. The molecular weight excluding hydrogens is 285 g/mol. The van der Waals surface area contributed by atoms with Gasteiger partial charge in [-0.2, -0.15) is 13.2 Å². The second-order valence-electron chi connectivity index (χ2n) is 5.18. The summed E-state index contributed by atoms with van der Waals surface area (Å²) >= 11 is 0. The molecule has 0 saturated heterocycles.